The van der Waals surface area contributed by atoms with Gasteiger partial charge in [-0.2, -0.15) is 0 Å². The van der Waals surface area contributed by atoms with Crippen LogP contribution in [0, 0.1) is 5.41 Å². The van der Waals surface area contributed by atoms with E-state index < -0.39 is 17.0 Å². The van der Waals surface area contributed by atoms with Crippen molar-refractivity contribution in [3.8, 4) is 0 Å². The molecule has 14 heavy (non-hydrogen) atoms. The van der Waals surface area contributed by atoms with Gasteiger partial charge in [0.25, 0.3) is 0 Å². The normalized spacial score (nSPS) is 16.4. The van der Waals surface area contributed by atoms with Crippen LogP contribution in [0.5, 0.6) is 0 Å². The molecule has 0 rings (SSSR count). The highest BCUT2D eigenvalue weighted by molar-refractivity contribution is 5.73. The fourth-order valence-corrected chi connectivity index (χ4v) is 0.722. The first-order chi connectivity index (χ1) is 6.27. The van der Waals surface area contributed by atoms with Crippen LogP contribution >= 0.6 is 0 Å². The van der Waals surface area contributed by atoms with Crippen LogP contribution in [0.1, 0.15) is 34.1 Å². The van der Waals surface area contributed by atoms with Crippen LogP contribution in [0.3, 0.4) is 0 Å². The van der Waals surface area contributed by atoms with Crippen molar-refractivity contribution in [2.24, 2.45) is 11.1 Å². The summed E-state index contributed by atoms with van der Waals surface area (Å²) in [6, 6.07) is 0. The zero-order chi connectivity index (χ0) is 11.4. The van der Waals surface area contributed by atoms with Crippen molar-refractivity contribution in [1.82, 2.24) is 0 Å². The van der Waals surface area contributed by atoms with E-state index in [2.05, 4.69) is 0 Å². The minimum Gasteiger partial charge on any atom is -0.481 e. The molecule has 0 saturated carbocycles. The minimum absolute atomic E-state index is 0.184. The van der Waals surface area contributed by atoms with Gasteiger partial charge in [0.1, 0.15) is 0 Å². The van der Waals surface area contributed by atoms with Crippen molar-refractivity contribution in [2.75, 3.05) is 13.2 Å². The molecule has 0 aromatic carbocycles. The summed E-state index contributed by atoms with van der Waals surface area (Å²) in [5, 5.41) is 8.87. The van der Waals surface area contributed by atoms with E-state index in [-0.39, 0.29) is 6.61 Å². The SMILES string of the molecule is CCC(C)(CN)OCC(C)(C)C(=O)O. The molecular weight excluding hydrogens is 182 g/mol. The maximum atomic E-state index is 10.8. The maximum Gasteiger partial charge on any atom is 0.311 e. The number of nitrogens with two attached hydrogens (primary N) is 1. The van der Waals surface area contributed by atoms with Gasteiger partial charge < -0.3 is 15.6 Å². The van der Waals surface area contributed by atoms with Gasteiger partial charge in [0.15, 0.2) is 0 Å². The monoisotopic (exact) mass is 203 g/mol. The summed E-state index contributed by atoms with van der Waals surface area (Å²) < 4.78 is 5.55. The second kappa shape index (κ2) is 4.75. The third-order valence-electron chi connectivity index (χ3n) is 2.54. The number of carboxylic acid groups (broad SMARTS) is 1. The molecule has 1 atom stereocenters. The Hall–Kier alpha value is -0.610. The van der Waals surface area contributed by atoms with Gasteiger partial charge in [0, 0.05) is 6.54 Å². The number of ether oxygens (including phenoxy) is 1. The fourth-order valence-electron chi connectivity index (χ4n) is 0.722. The number of carbonyl (C=O) groups is 1. The predicted octanol–water partition coefficient (Wildman–Crippen LogP) is 1.24. The molecule has 0 fully saturated rings. The van der Waals surface area contributed by atoms with E-state index in [1.54, 1.807) is 13.8 Å². The van der Waals surface area contributed by atoms with Gasteiger partial charge in [0.2, 0.25) is 0 Å². The lowest BCUT2D eigenvalue weighted by atomic mass is 9.94. The molecule has 0 radical (unpaired) electrons. The van der Waals surface area contributed by atoms with Gasteiger partial charge in [-0.25, -0.2) is 0 Å². The summed E-state index contributed by atoms with van der Waals surface area (Å²) in [5.74, 6) is -0.854. The van der Waals surface area contributed by atoms with Crippen LogP contribution < -0.4 is 5.73 Å². The van der Waals surface area contributed by atoms with Crippen molar-refractivity contribution in [3.05, 3.63) is 0 Å². The molecule has 0 aromatic rings. The average molecular weight is 203 g/mol. The molecule has 0 bridgehead atoms. The third-order valence-corrected chi connectivity index (χ3v) is 2.54. The number of hydrogen-bond donors (Lipinski definition) is 2. The van der Waals surface area contributed by atoms with Crippen molar-refractivity contribution in [3.63, 3.8) is 0 Å². The fraction of sp³-hybridized carbons (Fsp3) is 0.900. The van der Waals surface area contributed by atoms with E-state index in [9.17, 15) is 4.79 Å². The number of carboxylic acids is 1. The molecule has 1 unspecified atom stereocenters. The second-order valence-corrected chi connectivity index (χ2v) is 4.49. The molecule has 0 aromatic heterocycles. The standard InChI is InChI=1S/C10H21NO3/c1-5-10(4,6-11)14-7-9(2,3)8(12)13/h5-7,11H2,1-4H3,(H,12,13). The molecule has 0 aliphatic heterocycles. The summed E-state index contributed by atoms with van der Waals surface area (Å²) in [4.78, 5) is 10.8. The number of aliphatic carboxylic acids is 1. The first kappa shape index (κ1) is 13.4. The lowest BCUT2D eigenvalue weighted by Crippen LogP contribution is -2.41. The van der Waals surface area contributed by atoms with Crippen LogP contribution in [0.2, 0.25) is 0 Å². The summed E-state index contributed by atoms with van der Waals surface area (Å²) in [6.45, 7) is 7.73. The molecular formula is C10H21NO3. The third kappa shape index (κ3) is 3.64. The van der Waals surface area contributed by atoms with Crippen molar-refractivity contribution in [2.45, 2.75) is 39.7 Å². The Balaban J connectivity index is 4.23. The Bertz CT molecular complexity index is 198. The minimum atomic E-state index is -0.856. The second-order valence-electron chi connectivity index (χ2n) is 4.49. The van der Waals surface area contributed by atoms with E-state index in [1.165, 1.54) is 0 Å². The van der Waals surface area contributed by atoms with Crippen LogP contribution in [0.15, 0.2) is 0 Å². The molecule has 0 heterocycles. The molecule has 3 N–H and O–H groups in total. The van der Waals surface area contributed by atoms with E-state index in [0.717, 1.165) is 6.42 Å². The first-order valence-electron chi connectivity index (χ1n) is 4.85. The van der Waals surface area contributed by atoms with Crippen LogP contribution in [0.4, 0.5) is 0 Å². The van der Waals surface area contributed by atoms with E-state index in [4.69, 9.17) is 15.6 Å². The van der Waals surface area contributed by atoms with Crippen LogP contribution in [-0.2, 0) is 9.53 Å². The van der Waals surface area contributed by atoms with Gasteiger partial charge in [-0.15, -0.1) is 0 Å². The van der Waals surface area contributed by atoms with Gasteiger partial charge in [-0.1, -0.05) is 6.92 Å². The van der Waals surface area contributed by atoms with Crippen molar-refractivity contribution in [1.29, 1.82) is 0 Å². The molecule has 4 nitrogen and oxygen atoms in total. The van der Waals surface area contributed by atoms with Gasteiger partial charge in [0.05, 0.1) is 17.6 Å². The molecule has 0 aliphatic rings. The van der Waals surface area contributed by atoms with Gasteiger partial charge in [-0.3, -0.25) is 4.79 Å². The summed E-state index contributed by atoms with van der Waals surface area (Å²) in [7, 11) is 0. The van der Waals surface area contributed by atoms with Crippen LogP contribution in [0.25, 0.3) is 0 Å². The average Bonchev–Trinajstić information content (AvgIpc) is 2.14. The summed E-state index contributed by atoms with van der Waals surface area (Å²) >= 11 is 0. The van der Waals surface area contributed by atoms with Gasteiger partial charge >= 0.3 is 5.97 Å². The highest BCUT2D eigenvalue weighted by Gasteiger charge is 2.31. The lowest BCUT2D eigenvalue weighted by Gasteiger charge is -2.30. The highest BCUT2D eigenvalue weighted by atomic mass is 16.5. The Labute approximate surface area is 85.4 Å². The number of hydrogen-bond acceptors (Lipinski definition) is 3. The largest absolute Gasteiger partial charge is 0.481 e. The summed E-state index contributed by atoms with van der Waals surface area (Å²) in [6.07, 6.45) is 0.777. The predicted molar refractivity (Wildman–Crippen MR) is 55.1 cm³/mol. The zero-order valence-electron chi connectivity index (χ0n) is 9.46. The molecule has 0 amide bonds. The Morgan fingerprint density at radius 2 is 1.93 bits per heavy atom. The van der Waals surface area contributed by atoms with Crippen molar-refractivity contribution < 1.29 is 14.6 Å². The zero-order valence-corrected chi connectivity index (χ0v) is 9.46. The molecule has 0 saturated heterocycles. The van der Waals surface area contributed by atoms with Gasteiger partial charge in [-0.05, 0) is 27.2 Å². The van der Waals surface area contributed by atoms with Crippen molar-refractivity contribution >= 4 is 5.97 Å². The van der Waals surface area contributed by atoms with E-state index >= 15 is 0 Å². The molecule has 0 aliphatic carbocycles. The van der Waals surface area contributed by atoms with Crippen LogP contribution in [-0.4, -0.2) is 29.8 Å². The quantitative estimate of drug-likeness (QED) is 0.681. The smallest absolute Gasteiger partial charge is 0.311 e. The topological polar surface area (TPSA) is 72.5 Å². The Morgan fingerprint density at radius 1 is 1.43 bits per heavy atom. The van der Waals surface area contributed by atoms with E-state index in [0.29, 0.717) is 6.54 Å². The first-order valence-corrected chi connectivity index (χ1v) is 4.85. The number of rotatable bonds is 6. The Kier molecular flexibility index (Phi) is 4.55. The van der Waals surface area contributed by atoms with E-state index in [1.807, 2.05) is 13.8 Å². The molecule has 0 spiro atoms. The molecule has 4 heteroatoms. The Morgan fingerprint density at radius 3 is 2.21 bits per heavy atom. The highest BCUT2D eigenvalue weighted by Crippen LogP contribution is 2.21. The maximum absolute atomic E-state index is 10.8. The molecule has 84 valence electrons. The summed E-state index contributed by atoms with van der Waals surface area (Å²) in [5.41, 5.74) is 4.29. The lowest BCUT2D eigenvalue weighted by molar-refractivity contribution is -0.154.